The highest BCUT2D eigenvalue weighted by molar-refractivity contribution is 5.42. The average Bonchev–Trinajstić information content (AvgIpc) is 2.55. The van der Waals surface area contributed by atoms with Gasteiger partial charge in [0.25, 0.3) is 0 Å². The van der Waals surface area contributed by atoms with Crippen LogP contribution in [0, 0.1) is 6.92 Å². The first-order valence-electron chi connectivity index (χ1n) is 7.51. The molecule has 0 N–H and O–H groups in total. The van der Waals surface area contributed by atoms with Crippen LogP contribution in [0.3, 0.4) is 0 Å². The molecule has 2 heterocycles. The Labute approximate surface area is 125 Å². The second kappa shape index (κ2) is 6.68. The van der Waals surface area contributed by atoms with Gasteiger partial charge in [-0.2, -0.15) is 0 Å². The lowest BCUT2D eigenvalue weighted by molar-refractivity contribution is 0.0351. The maximum Gasteiger partial charge on any atom is 0.150 e. The van der Waals surface area contributed by atoms with Crippen molar-refractivity contribution in [1.82, 2.24) is 9.97 Å². The molecular weight excluding hydrogens is 262 g/mol. The second-order valence-electron chi connectivity index (χ2n) is 5.43. The van der Waals surface area contributed by atoms with Crippen molar-refractivity contribution >= 4 is 5.82 Å². The van der Waals surface area contributed by atoms with Gasteiger partial charge >= 0.3 is 0 Å². The molecule has 0 radical (unpaired) electrons. The molecule has 2 aromatic rings. The minimum absolute atomic E-state index is 0.264. The molecule has 3 rings (SSSR count). The number of benzene rings is 1. The average molecular weight is 283 g/mol. The van der Waals surface area contributed by atoms with E-state index in [4.69, 9.17) is 4.74 Å². The van der Waals surface area contributed by atoms with E-state index in [0.29, 0.717) is 0 Å². The molecule has 4 heteroatoms. The quantitative estimate of drug-likeness (QED) is 0.864. The third-order valence-electron chi connectivity index (χ3n) is 3.89. The highest BCUT2D eigenvalue weighted by atomic mass is 16.5. The molecule has 1 fully saturated rings. The van der Waals surface area contributed by atoms with E-state index in [1.54, 1.807) is 12.4 Å². The molecule has 0 saturated carbocycles. The first kappa shape index (κ1) is 14.0. The Balaban J connectivity index is 1.60. The summed E-state index contributed by atoms with van der Waals surface area (Å²) in [6.07, 6.45) is 5.86. The largest absolute Gasteiger partial charge is 0.375 e. The molecule has 1 aromatic carbocycles. The summed E-state index contributed by atoms with van der Waals surface area (Å²) in [5.74, 6) is 0.991. The van der Waals surface area contributed by atoms with E-state index in [0.717, 1.165) is 44.0 Å². The van der Waals surface area contributed by atoms with Gasteiger partial charge in [0.1, 0.15) is 5.82 Å². The summed E-state index contributed by atoms with van der Waals surface area (Å²) < 4.78 is 5.90. The van der Waals surface area contributed by atoms with Crippen LogP contribution in [0.2, 0.25) is 0 Å². The van der Waals surface area contributed by atoms with Crippen LogP contribution >= 0.6 is 0 Å². The van der Waals surface area contributed by atoms with Gasteiger partial charge in [-0.25, -0.2) is 4.98 Å². The van der Waals surface area contributed by atoms with Crippen molar-refractivity contribution in [3.05, 3.63) is 54.0 Å². The fourth-order valence-electron chi connectivity index (χ4n) is 2.77. The van der Waals surface area contributed by atoms with Crippen molar-refractivity contribution in [1.29, 1.82) is 0 Å². The van der Waals surface area contributed by atoms with E-state index in [9.17, 15) is 0 Å². The molecule has 1 aromatic heterocycles. The summed E-state index contributed by atoms with van der Waals surface area (Å²) in [7, 11) is 0. The van der Waals surface area contributed by atoms with Gasteiger partial charge in [0, 0.05) is 25.5 Å². The lowest BCUT2D eigenvalue weighted by Crippen LogP contribution is -2.43. The van der Waals surface area contributed by atoms with Crippen molar-refractivity contribution < 1.29 is 4.74 Å². The van der Waals surface area contributed by atoms with Crippen molar-refractivity contribution in [2.75, 3.05) is 24.6 Å². The first-order valence-corrected chi connectivity index (χ1v) is 7.51. The standard InChI is InChI=1S/C17H21N3O/c1-14-17(19-10-9-18-14)20-11-12-21-16(13-20)8-7-15-5-3-2-4-6-15/h2-6,9-10,16H,7-8,11-13H2,1H3. The SMILES string of the molecule is Cc1nccnc1N1CCOC(CCc2ccccc2)C1. The monoisotopic (exact) mass is 283 g/mol. The van der Waals surface area contributed by atoms with Gasteiger partial charge in [0.15, 0.2) is 0 Å². The number of hydrogen-bond acceptors (Lipinski definition) is 4. The van der Waals surface area contributed by atoms with Gasteiger partial charge in [-0.3, -0.25) is 4.98 Å². The van der Waals surface area contributed by atoms with E-state index in [1.807, 2.05) is 6.92 Å². The zero-order valence-electron chi connectivity index (χ0n) is 12.4. The molecule has 0 aliphatic carbocycles. The van der Waals surface area contributed by atoms with Crippen molar-refractivity contribution in [3.63, 3.8) is 0 Å². The van der Waals surface area contributed by atoms with E-state index in [1.165, 1.54) is 5.56 Å². The van der Waals surface area contributed by atoms with Crippen LogP contribution in [0.1, 0.15) is 17.7 Å². The third-order valence-corrected chi connectivity index (χ3v) is 3.89. The van der Waals surface area contributed by atoms with Gasteiger partial charge in [-0.05, 0) is 25.3 Å². The number of morpholine rings is 1. The van der Waals surface area contributed by atoms with Gasteiger partial charge in [-0.15, -0.1) is 0 Å². The molecular formula is C17H21N3O. The fourth-order valence-corrected chi connectivity index (χ4v) is 2.77. The van der Waals surface area contributed by atoms with E-state index >= 15 is 0 Å². The molecule has 1 aliphatic heterocycles. The summed E-state index contributed by atoms with van der Waals surface area (Å²) in [6.45, 7) is 4.56. The fraction of sp³-hybridized carbons (Fsp3) is 0.412. The first-order chi connectivity index (χ1) is 10.3. The Morgan fingerprint density at radius 3 is 2.81 bits per heavy atom. The number of ether oxygens (including phenoxy) is 1. The normalized spacial score (nSPS) is 18.7. The molecule has 0 bridgehead atoms. The van der Waals surface area contributed by atoms with Gasteiger partial charge in [0.05, 0.1) is 18.4 Å². The van der Waals surface area contributed by atoms with Crippen LogP contribution in [0.15, 0.2) is 42.7 Å². The van der Waals surface area contributed by atoms with Gasteiger partial charge < -0.3 is 9.64 Å². The minimum Gasteiger partial charge on any atom is -0.375 e. The summed E-state index contributed by atoms with van der Waals surface area (Å²) in [5, 5.41) is 0. The predicted octanol–water partition coefficient (Wildman–Crippen LogP) is 2.62. The molecule has 4 nitrogen and oxygen atoms in total. The number of rotatable bonds is 4. The molecule has 21 heavy (non-hydrogen) atoms. The molecule has 1 aliphatic rings. The summed E-state index contributed by atoms with van der Waals surface area (Å²) in [4.78, 5) is 11.1. The molecule has 0 amide bonds. The zero-order chi connectivity index (χ0) is 14.5. The van der Waals surface area contributed by atoms with E-state index in [2.05, 4.69) is 45.2 Å². The van der Waals surface area contributed by atoms with Crippen molar-refractivity contribution in [2.24, 2.45) is 0 Å². The van der Waals surface area contributed by atoms with E-state index in [-0.39, 0.29) is 6.10 Å². The van der Waals surface area contributed by atoms with Gasteiger partial charge in [-0.1, -0.05) is 30.3 Å². The Morgan fingerprint density at radius 2 is 2.00 bits per heavy atom. The van der Waals surface area contributed by atoms with Crippen molar-refractivity contribution in [3.8, 4) is 0 Å². The number of nitrogens with zero attached hydrogens (tertiary/aromatic N) is 3. The van der Waals surface area contributed by atoms with Crippen LogP contribution < -0.4 is 4.90 Å². The molecule has 0 spiro atoms. The molecule has 1 atom stereocenters. The second-order valence-corrected chi connectivity index (χ2v) is 5.43. The molecule has 1 unspecified atom stereocenters. The third kappa shape index (κ3) is 3.58. The van der Waals surface area contributed by atoms with Gasteiger partial charge in [0.2, 0.25) is 0 Å². The van der Waals surface area contributed by atoms with Crippen LogP contribution in [0.4, 0.5) is 5.82 Å². The summed E-state index contributed by atoms with van der Waals surface area (Å²) in [6, 6.07) is 10.6. The smallest absolute Gasteiger partial charge is 0.150 e. The highest BCUT2D eigenvalue weighted by Gasteiger charge is 2.22. The van der Waals surface area contributed by atoms with Crippen molar-refractivity contribution in [2.45, 2.75) is 25.9 Å². The zero-order valence-corrected chi connectivity index (χ0v) is 12.4. The maximum atomic E-state index is 5.90. The molecule has 110 valence electrons. The van der Waals surface area contributed by atoms with Crippen LogP contribution in [0.25, 0.3) is 0 Å². The Bertz CT molecular complexity index is 573. The maximum absolute atomic E-state index is 5.90. The van der Waals surface area contributed by atoms with Crippen LogP contribution in [0.5, 0.6) is 0 Å². The summed E-state index contributed by atoms with van der Waals surface area (Å²) >= 11 is 0. The van der Waals surface area contributed by atoms with Crippen LogP contribution in [-0.2, 0) is 11.2 Å². The number of hydrogen-bond donors (Lipinski definition) is 0. The lowest BCUT2D eigenvalue weighted by Gasteiger charge is -2.34. The lowest BCUT2D eigenvalue weighted by atomic mass is 10.1. The summed E-state index contributed by atoms with van der Waals surface area (Å²) in [5.41, 5.74) is 2.36. The van der Waals surface area contributed by atoms with Crippen LogP contribution in [-0.4, -0.2) is 35.8 Å². The predicted molar refractivity (Wildman–Crippen MR) is 83.5 cm³/mol. The Kier molecular flexibility index (Phi) is 4.46. The number of aromatic nitrogens is 2. The Morgan fingerprint density at radius 1 is 1.19 bits per heavy atom. The number of aryl methyl sites for hydroxylation is 2. The highest BCUT2D eigenvalue weighted by Crippen LogP contribution is 2.19. The minimum atomic E-state index is 0.264. The topological polar surface area (TPSA) is 38.2 Å². The van der Waals surface area contributed by atoms with E-state index < -0.39 is 0 Å². The molecule has 1 saturated heterocycles. The Hall–Kier alpha value is -1.94. The number of anilines is 1.